The molecule has 2 N–H and O–H groups in total. The molecule has 0 radical (unpaired) electrons. The predicted molar refractivity (Wildman–Crippen MR) is 108 cm³/mol. The third-order valence-electron chi connectivity index (χ3n) is 4.56. The van der Waals surface area contributed by atoms with Gasteiger partial charge in [0.1, 0.15) is 12.3 Å². The summed E-state index contributed by atoms with van der Waals surface area (Å²) in [5.74, 6) is -0.473. The van der Waals surface area contributed by atoms with Crippen molar-refractivity contribution in [3.05, 3.63) is 64.2 Å². The summed E-state index contributed by atoms with van der Waals surface area (Å²) in [5, 5.41) is 6.84. The number of ether oxygens (including phenoxy) is 1. The van der Waals surface area contributed by atoms with Crippen LogP contribution in [-0.4, -0.2) is 17.0 Å². The lowest BCUT2D eigenvalue weighted by atomic mass is 9.99. The number of nitrogens with one attached hydrogen (secondary N) is 2. The molecule has 1 aromatic heterocycles. The van der Waals surface area contributed by atoms with E-state index in [0.717, 1.165) is 31.7 Å². The topological polar surface area (TPSA) is 67.4 Å². The van der Waals surface area contributed by atoms with E-state index >= 15 is 0 Å². The fourth-order valence-electron chi connectivity index (χ4n) is 3.25. The van der Waals surface area contributed by atoms with Crippen molar-refractivity contribution in [3.8, 4) is 11.1 Å². The number of thiocarbonyl (C=S) groups is 1. The molecule has 0 saturated carbocycles. The third kappa shape index (κ3) is 2.81. The molecule has 5 rings (SSSR count). The first-order valence-corrected chi connectivity index (χ1v) is 9.47. The predicted octanol–water partition coefficient (Wildman–Crippen LogP) is 3.58. The van der Waals surface area contributed by atoms with Gasteiger partial charge in [0.15, 0.2) is 5.11 Å². The number of fused-ring (bicyclic) bond motifs is 2. The van der Waals surface area contributed by atoms with E-state index in [1.807, 2.05) is 24.3 Å². The summed E-state index contributed by atoms with van der Waals surface area (Å²) >= 11 is 6.56. The second kappa shape index (κ2) is 6.00. The minimum Gasteiger partial charge on any atom is -0.457 e. The second-order valence-corrected chi connectivity index (χ2v) is 7.84. The van der Waals surface area contributed by atoms with E-state index in [4.69, 9.17) is 17.0 Å². The Kier molecular flexibility index (Phi) is 3.60. The molecule has 0 spiro atoms. The fraction of sp³-hybridized carbons (Fsp3) is 0.0500. The molecule has 2 aliphatic heterocycles. The van der Waals surface area contributed by atoms with Gasteiger partial charge < -0.3 is 10.1 Å². The van der Waals surface area contributed by atoms with Crippen LogP contribution in [0, 0.1) is 0 Å². The summed E-state index contributed by atoms with van der Waals surface area (Å²) in [4.78, 5) is 24.4. The Labute approximate surface area is 163 Å². The van der Waals surface area contributed by atoms with Gasteiger partial charge in [0, 0.05) is 15.1 Å². The van der Waals surface area contributed by atoms with Crippen LogP contribution in [0.2, 0.25) is 0 Å². The zero-order valence-electron chi connectivity index (χ0n) is 13.9. The number of carbonyl (C=O) groups excluding carboxylic acids is 2. The summed E-state index contributed by atoms with van der Waals surface area (Å²) in [5.41, 5.74) is 4.13. The first-order valence-electron chi connectivity index (χ1n) is 8.25. The van der Waals surface area contributed by atoms with Gasteiger partial charge in [-0.2, -0.15) is 0 Å². The highest BCUT2D eigenvalue weighted by Gasteiger charge is 2.22. The van der Waals surface area contributed by atoms with E-state index in [1.54, 1.807) is 17.4 Å². The average molecular weight is 392 g/mol. The first-order chi connectivity index (χ1) is 13.1. The van der Waals surface area contributed by atoms with Crippen LogP contribution in [0.4, 0.5) is 0 Å². The number of amides is 1. The van der Waals surface area contributed by atoms with Gasteiger partial charge in [-0.3, -0.25) is 10.1 Å². The Morgan fingerprint density at radius 3 is 2.67 bits per heavy atom. The molecule has 3 aromatic rings. The number of benzene rings is 2. The van der Waals surface area contributed by atoms with E-state index < -0.39 is 0 Å². The van der Waals surface area contributed by atoms with Crippen LogP contribution in [0.25, 0.3) is 27.3 Å². The van der Waals surface area contributed by atoms with Gasteiger partial charge in [-0.25, -0.2) is 4.79 Å². The van der Waals surface area contributed by atoms with Crippen molar-refractivity contribution in [2.24, 2.45) is 0 Å². The number of thiophene rings is 1. The van der Waals surface area contributed by atoms with Gasteiger partial charge in [0.05, 0.1) is 5.56 Å². The van der Waals surface area contributed by atoms with Crippen molar-refractivity contribution in [2.75, 3.05) is 0 Å². The molecule has 1 saturated heterocycles. The van der Waals surface area contributed by atoms with Crippen LogP contribution in [0.15, 0.2) is 48.2 Å². The summed E-state index contributed by atoms with van der Waals surface area (Å²) in [6.45, 7) is 0.331. The zero-order chi connectivity index (χ0) is 18.5. The molecule has 27 heavy (non-hydrogen) atoms. The maximum Gasteiger partial charge on any atom is 0.338 e. The van der Waals surface area contributed by atoms with Crippen LogP contribution < -0.4 is 10.6 Å². The van der Waals surface area contributed by atoms with Gasteiger partial charge >= 0.3 is 5.97 Å². The quantitative estimate of drug-likeness (QED) is 0.396. The molecule has 0 aliphatic carbocycles. The Balaban J connectivity index is 1.51. The summed E-state index contributed by atoms with van der Waals surface area (Å²) in [6.07, 6.45) is 1.80. The summed E-state index contributed by atoms with van der Waals surface area (Å²) in [7, 11) is 0. The minimum atomic E-state index is -0.258. The third-order valence-corrected chi connectivity index (χ3v) is 5.83. The first kappa shape index (κ1) is 16.2. The zero-order valence-corrected chi connectivity index (χ0v) is 15.5. The Bertz CT molecular complexity index is 1190. The van der Waals surface area contributed by atoms with Crippen LogP contribution in [-0.2, 0) is 16.1 Å². The highest BCUT2D eigenvalue weighted by atomic mass is 32.1. The van der Waals surface area contributed by atoms with Gasteiger partial charge in [0.2, 0.25) is 0 Å². The molecule has 1 fully saturated rings. The number of rotatable bonds is 2. The van der Waals surface area contributed by atoms with Crippen LogP contribution in [0.1, 0.15) is 20.8 Å². The normalized spacial score (nSPS) is 17.2. The van der Waals surface area contributed by atoms with Gasteiger partial charge in [-0.05, 0) is 65.1 Å². The molecular formula is C20H12N2O3S2. The van der Waals surface area contributed by atoms with Gasteiger partial charge in [-0.15, -0.1) is 11.3 Å². The molecule has 3 heterocycles. The van der Waals surface area contributed by atoms with Crippen molar-refractivity contribution >= 4 is 56.7 Å². The van der Waals surface area contributed by atoms with E-state index in [2.05, 4.69) is 28.8 Å². The molecule has 0 atom stereocenters. The molecule has 5 nitrogen and oxygen atoms in total. The Morgan fingerprint density at radius 1 is 1.04 bits per heavy atom. The molecule has 0 unspecified atom stereocenters. The number of cyclic esters (lactones) is 1. The smallest absolute Gasteiger partial charge is 0.338 e. The molecule has 7 heteroatoms. The lowest BCUT2D eigenvalue weighted by Crippen LogP contribution is -2.21. The molecule has 2 aliphatic rings. The average Bonchev–Trinajstić information content (AvgIpc) is 3.31. The van der Waals surface area contributed by atoms with E-state index in [0.29, 0.717) is 23.0 Å². The molecule has 2 aromatic carbocycles. The molecule has 0 bridgehead atoms. The maximum absolute atomic E-state index is 11.8. The van der Waals surface area contributed by atoms with E-state index in [9.17, 15) is 9.59 Å². The highest BCUT2D eigenvalue weighted by molar-refractivity contribution is 7.80. The standard InChI is InChI=1S/C20H12N2O3S2/c23-18-16(21-20(26)22-18)8-14-7-12-5-11(2-4-17(12)27-14)10-1-3-15-13(6-10)9-25-19(15)24/h1-8H,9H2,(H2,21,22,23,26)/b16-8+. The lowest BCUT2D eigenvalue weighted by molar-refractivity contribution is -0.115. The largest absolute Gasteiger partial charge is 0.457 e. The lowest BCUT2D eigenvalue weighted by Gasteiger charge is -2.03. The van der Waals surface area contributed by atoms with Crippen LogP contribution in [0.5, 0.6) is 0 Å². The number of hydrogen-bond acceptors (Lipinski definition) is 5. The summed E-state index contributed by atoms with van der Waals surface area (Å²) < 4.78 is 6.21. The Hall–Kier alpha value is -3.03. The van der Waals surface area contributed by atoms with Crippen LogP contribution in [0.3, 0.4) is 0 Å². The highest BCUT2D eigenvalue weighted by Crippen LogP contribution is 2.33. The maximum atomic E-state index is 11.8. The number of esters is 1. The molecule has 1 amide bonds. The van der Waals surface area contributed by atoms with Crippen molar-refractivity contribution in [2.45, 2.75) is 6.61 Å². The van der Waals surface area contributed by atoms with Crippen molar-refractivity contribution in [1.29, 1.82) is 0 Å². The van der Waals surface area contributed by atoms with E-state index in [-0.39, 0.29) is 11.9 Å². The minimum absolute atomic E-state index is 0.215. The number of carbonyl (C=O) groups is 2. The van der Waals surface area contributed by atoms with Crippen LogP contribution >= 0.6 is 23.6 Å². The SMILES string of the molecule is O=C1NC(=S)N/C1=C/c1cc2cc(-c3ccc4c(c3)COC4=O)ccc2s1. The summed E-state index contributed by atoms with van der Waals surface area (Å²) in [6, 6.07) is 14.1. The van der Waals surface area contributed by atoms with Crippen molar-refractivity contribution in [3.63, 3.8) is 0 Å². The molecule has 132 valence electrons. The van der Waals surface area contributed by atoms with Crippen molar-refractivity contribution < 1.29 is 14.3 Å². The second-order valence-electron chi connectivity index (χ2n) is 6.32. The van der Waals surface area contributed by atoms with Crippen molar-refractivity contribution in [1.82, 2.24) is 10.6 Å². The molecular weight excluding hydrogens is 380 g/mol. The fourth-order valence-corrected chi connectivity index (χ4v) is 4.44. The number of hydrogen-bond donors (Lipinski definition) is 2. The Morgan fingerprint density at radius 2 is 1.85 bits per heavy atom. The monoisotopic (exact) mass is 392 g/mol. The van der Waals surface area contributed by atoms with Gasteiger partial charge in [0.25, 0.3) is 5.91 Å². The van der Waals surface area contributed by atoms with Gasteiger partial charge in [-0.1, -0.05) is 12.1 Å². The van der Waals surface area contributed by atoms with E-state index in [1.165, 1.54) is 0 Å².